The van der Waals surface area contributed by atoms with Crippen LogP contribution >= 0.6 is 0 Å². The average Bonchev–Trinajstić information content (AvgIpc) is 2.73. The second-order valence-corrected chi connectivity index (χ2v) is 4.21. The molecule has 0 aromatic heterocycles. The Hall–Kier alpha value is -1.34. The molecule has 2 heterocycles. The van der Waals surface area contributed by atoms with Gasteiger partial charge in [0, 0.05) is 12.0 Å². The zero-order valence-electron chi connectivity index (χ0n) is 9.69. The molecule has 0 radical (unpaired) electrons. The molecule has 0 aromatic rings. The molecule has 0 aromatic carbocycles. The maximum atomic E-state index is 9.55. The van der Waals surface area contributed by atoms with Gasteiger partial charge in [-0.3, -0.25) is 4.99 Å². The first-order valence-electron chi connectivity index (χ1n) is 5.75. The molecule has 2 aliphatic rings. The van der Waals surface area contributed by atoms with Crippen LogP contribution in [0.2, 0.25) is 5.82 Å². The first kappa shape index (κ1) is 12.1. The van der Waals surface area contributed by atoms with E-state index in [9.17, 15) is 10.0 Å². The second-order valence-electron chi connectivity index (χ2n) is 4.21. The van der Waals surface area contributed by atoms with Crippen molar-refractivity contribution in [2.75, 3.05) is 0 Å². The van der Waals surface area contributed by atoms with Crippen LogP contribution in [-0.2, 0) is 0 Å². The Morgan fingerprint density at radius 2 is 2.24 bits per heavy atom. The van der Waals surface area contributed by atoms with Gasteiger partial charge >= 0.3 is 7.12 Å². The number of nitrogens with zero attached hydrogens (tertiary/aromatic N) is 4. The Morgan fingerprint density at radius 3 is 2.94 bits per heavy atom. The third-order valence-electron chi connectivity index (χ3n) is 3.12. The summed E-state index contributed by atoms with van der Waals surface area (Å²) in [5.41, 5.74) is -0.891. The van der Waals surface area contributed by atoms with Crippen LogP contribution < -0.4 is 0 Å². The van der Waals surface area contributed by atoms with Gasteiger partial charge in [0.05, 0.1) is 0 Å². The normalized spacial score (nSPS) is 26.9. The molecule has 2 N–H and O–H groups in total. The summed E-state index contributed by atoms with van der Waals surface area (Å²) >= 11 is 0. The van der Waals surface area contributed by atoms with E-state index in [2.05, 4.69) is 26.9 Å². The van der Waals surface area contributed by atoms with Crippen molar-refractivity contribution in [2.24, 2.45) is 20.0 Å². The highest BCUT2D eigenvalue weighted by molar-refractivity contribution is 6.46. The second kappa shape index (κ2) is 4.89. The molecule has 0 saturated carbocycles. The Bertz CT molecular complexity index is 405. The number of hydrogen-bond donors (Lipinski definition) is 2. The van der Waals surface area contributed by atoms with Crippen LogP contribution in [0.4, 0.5) is 0 Å². The topological polar surface area (TPSA) is 89.9 Å². The smallest absolute Gasteiger partial charge is 0.427 e. The molecule has 6 nitrogen and oxygen atoms in total. The van der Waals surface area contributed by atoms with Crippen molar-refractivity contribution in [3.63, 3.8) is 0 Å². The van der Waals surface area contributed by atoms with Crippen molar-refractivity contribution in [3.05, 3.63) is 0 Å². The molecule has 0 amide bonds. The van der Waals surface area contributed by atoms with Crippen LogP contribution in [0.5, 0.6) is 0 Å². The van der Waals surface area contributed by atoms with Gasteiger partial charge < -0.3 is 10.0 Å². The minimum atomic E-state index is -1.46. The lowest BCUT2D eigenvalue weighted by Gasteiger charge is -2.31. The molecule has 2 rings (SSSR count). The molecule has 0 saturated heterocycles. The van der Waals surface area contributed by atoms with E-state index in [0.29, 0.717) is 12.3 Å². The highest BCUT2D eigenvalue weighted by Gasteiger charge is 2.49. The van der Waals surface area contributed by atoms with E-state index in [1.54, 1.807) is 6.21 Å². The molecule has 0 spiro atoms. The van der Waals surface area contributed by atoms with Crippen LogP contribution in [0.3, 0.4) is 0 Å². The Balaban J connectivity index is 2.28. The first-order chi connectivity index (χ1) is 8.20. The van der Waals surface area contributed by atoms with Gasteiger partial charge in [0.15, 0.2) is 11.4 Å². The van der Waals surface area contributed by atoms with Gasteiger partial charge in [-0.1, -0.05) is 19.8 Å². The van der Waals surface area contributed by atoms with Crippen LogP contribution in [-0.4, -0.2) is 47.4 Å². The lowest BCUT2D eigenvalue weighted by Crippen LogP contribution is -2.47. The van der Waals surface area contributed by atoms with Gasteiger partial charge in [-0.15, -0.1) is 0 Å². The Kier molecular flexibility index (Phi) is 3.49. The largest absolute Gasteiger partial charge is 0.458 e. The third-order valence-corrected chi connectivity index (χ3v) is 3.12. The summed E-state index contributed by atoms with van der Waals surface area (Å²) in [4.78, 5) is 16.3. The SMILES string of the molecule is CCCCC(B(O)O)C12C=NC=NC1=NC=N2. The zero-order chi connectivity index (χ0) is 12.3. The molecule has 90 valence electrons. The van der Waals surface area contributed by atoms with E-state index in [1.807, 2.05) is 0 Å². The molecule has 17 heavy (non-hydrogen) atoms. The predicted molar refractivity (Wildman–Crippen MR) is 69.1 cm³/mol. The lowest BCUT2D eigenvalue weighted by atomic mass is 9.59. The summed E-state index contributed by atoms with van der Waals surface area (Å²) in [6.45, 7) is 2.05. The van der Waals surface area contributed by atoms with Gasteiger partial charge in [-0.05, 0) is 6.42 Å². The van der Waals surface area contributed by atoms with Crippen LogP contribution in [0.25, 0.3) is 0 Å². The molecule has 7 heteroatoms. The van der Waals surface area contributed by atoms with E-state index in [-0.39, 0.29) is 0 Å². The number of aliphatic imine (C=N–C) groups is 4. The van der Waals surface area contributed by atoms with Crippen LogP contribution in [0.15, 0.2) is 20.0 Å². The van der Waals surface area contributed by atoms with E-state index >= 15 is 0 Å². The Morgan fingerprint density at radius 1 is 1.41 bits per heavy atom. The maximum Gasteiger partial charge on any atom is 0.458 e. The quantitative estimate of drug-likeness (QED) is 0.670. The maximum absolute atomic E-state index is 9.55. The fraction of sp³-hybridized carbons (Fsp3) is 0.600. The third kappa shape index (κ3) is 2.08. The number of fused-ring (bicyclic) bond motifs is 1. The standard InChI is InChI=1S/C10H15BN4O2/c1-2-3-4-8(11(16)17)10-5-12-6-13-9(10)14-7-15-10/h5-8,16-17H,2-4H2,1H3. The molecule has 0 fully saturated rings. The summed E-state index contributed by atoms with van der Waals surface area (Å²) in [7, 11) is -1.46. The van der Waals surface area contributed by atoms with E-state index in [1.165, 1.54) is 12.7 Å². The number of hydrogen-bond acceptors (Lipinski definition) is 6. The van der Waals surface area contributed by atoms with Crippen LogP contribution in [0.1, 0.15) is 26.2 Å². The minimum Gasteiger partial charge on any atom is -0.427 e. The fourth-order valence-corrected chi connectivity index (χ4v) is 2.18. The van der Waals surface area contributed by atoms with E-state index < -0.39 is 18.5 Å². The first-order valence-corrected chi connectivity index (χ1v) is 5.75. The predicted octanol–water partition coefficient (Wildman–Crippen LogP) is 0.311. The van der Waals surface area contributed by atoms with Gasteiger partial charge in [0.25, 0.3) is 0 Å². The monoisotopic (exact) mass is 234 g/mol. The minimum absolute atomic E-state index is 0.457. The molecule has 2 aliphatic heterocycles. The van der Waals surface area contributed by atoms with Crippen LogP contribution in [0, 0.1) is 0 Å². The molecular formula is C10H15BN4O2. The molecule has 0 bridgehead atoms. The summed E-state index contributed by atoms with van der Waals surface area (Å²) in [6.07, 6.45) is 6.92. The van der Waals surface area contributed by atoms with Crippen molar-refractivity contribution in [1.29, 1.82) is 0 Å². The van der Waals surface area contributed by atoms with Gasteiger partial charge in [-0.2, -0.15) is 0 Å². The fourth-order valence-electron chi connectivity index (χ4n) is 2.18. The van der Waals surface area contributed by atoms with Crippen molar-refractivity contribution in [3.8, 4) is 0 Å². The number of amidine groups is 1. The molecule has 2 unspecified atom stereocenters. The van der Waals surface area contributed by atoms with Crippen molar-refractivity contribution in [1.82, 2.24) is 0 Å². The average molecular weight is 234 g/mol. The van der Waals surface area contributed by atoms with E-state index in [4.69, 9.17) is 0 Å². The number of unbranched alkanes of at least 4 members (excludes halogenated alkanes) is 1. The van der Waals surface area contributed by atoms with Gasteiger partial charge in [0.2, 0.25) is 0 Å². The summed E-state index contributed by atoms with van der Waals surface area (Å²) in [5, 5.41) is 19.1. The highest BCUT2D eigenvalue weighted by atomic mass is 16.4. The lowest BCUT2D eigenvalue weighted by molar-refractivity contribution is 0.363. The summed E-state index contributed by atoms with van der Waals surface area (Å²) < 4.78 is 0. The zero-order valence-corrected chi connectivity index (χ0v) is 9.69. The molecule has 0 aliphatic carbocycles. The highest BCUT2D eigenvalue weighted by Crippen LogP contribution is 2.36. The van der Waals surface area contributed by atoms with Crippen molar-refractivity contribution in [2.45, 2.75) is 37.5 Å². The molecule has 2 atom stereocenters. The summed E-state index contributed by atoms with van der Waals surface area (Å²) in [6, 6.07) is 0. The molecular weight excluding hydrogens is 219 g/mol. The van der Waals surface area contributed by atoms with Gasteiger partial charge in [-0.25, -0.2) is 15.0 Å². The Labute approximate surface area is 100 Å². The van der Waals surface area contributed by atoms with Gasteiger partial charge in [0.1, 0.15) is 12.7 Å². The van der Waals surface area contributed by atoms with E-state index in [0.717, 1.165) is 12.8 Å². The van der Waals surface area contributed by atoms with Crippen molar-refractivity contribution < 1.29 is 10.0 Å². The summed E-state index contributed by atoms with van der Waals surface area (Å²) in [5.74, 6) is 0.0304. The number of rotatable bonds is 5. The van der Waals surface area contributed by atoms with Crippen molar-refractivity contribution >= 4 is 31.8 Å².